The molecule has 0 amide bonds. The van der Waals surface area contributed by atoms with Crippen molar-refractivity contribution in [2.24, 2.45) is 5.41 Å². The maximum absolute atomic E-state index is 10.6. The Balaban J connectivity index is 5.37. The van der Waals surface area contributed by atoms with Gasteiger partial charge in [-0.05, 0) is 49.1 Å². The predicted octanol–water partition coefficient (Wildman–Crippen LogP) is 6.59. The molecular formula is C21H48O3Si2. The van der Waals surface area contributed by atoms with Gasteiger partial charge in [-0.3, -0.25) is 0 Å². The number of hydrogen-bond acceptors (Lipinski definition) is 3. The Morgan fingerprint density at radius 2 is 1.23 bits per heavy atom. The predicted molar refractivity (Wildman–Crippen MR) is 120 cm³/mol. The van der Waals surface area contributed by atoms with Gasteiger partial charge < -0.3 is 14.0 Å². The topological polar surface area (TPSA) is 38.7 Å². The third-order valence-electron chi connectivity index (χ3n) is 6.97. The first-order valence-electron chi connectivity index (χ1n) is 10.3. The lowest BCUT2D eigenvalue weighted by molar-refractivity contribution is -0.0497. The molecule has 0 heterocycles. The Morgan fingerprint density at radius 1 is 0.808 bits per heavy atom. The van der Waals surface area contributed by atoms with E-state index in [2.05, 4.69) is 81.6 Å². The highest BCUT2D eigenvalue weighted by Gasteiger charge is 2.45. The molecule has 5 heteroatoms. The first-order chi connectivity index (χ1) is 11.3. The van der Waals surface area contributed by atoms with Crippen LogP contribution in [-0.4, -0.2) is 40.6 Å². The van der Waals surface area contributed by atoms with Gasteiger partial charge in [-0.1, -0.05) is 62.3 Å². The van der Waals surface area contributed by atoms with Gasteiger partial charge in [0, 0.05) is 12.0 Å². The summed E-state index contributed by atoms with van der Waals surface area (Å²) >= 11 is 0. The van der Waals surface area contributed by atoms with E-state index in [-0.39, 0.29) is 27.7 Å². The second-order valence-corrected chi connectivity index (χ2v) is 21.1. The molecule has 0 aliphatic carbocycles. The van der Waals surface area contributed by atoms with Crippen LogP contribution in [-0.2, 0) is 8.85 Å². The van der Waals surface area contributed by atoms with Gasteiger partial charge in [0.2, 0.25) is 0 Å². The van der Waals surface area contributed by atoms with Gasteiger partial charge in [0.1, 0.15) is 0 Å². The molecule has 0 saturated heterocycles. The van der Waals surface area contributed by atoms with Crippen LogP contribution < -0.4 is 0 Å². The highest BCUT2D eigenvalue weighted by Crippen LogP contribution is 2.42. The lowest BCUT2D eigenvalue weighted by Crippen LogP contribution is -2.51. The van der Waals surface area contributed by atoms with E-state index >= 15 is 0 Å². The molecule has 0 saturated carbocycles. The van der Waals surface area contributed by atoms with Crippen LogP contribution in [0, 0.1) is 5.41 Å². The molecule has 0 aromatic rings. The van der Waals surface area contributed by atoms with Crippen LogP contribution in [0.15, 0.2) is 0 Å². The van der Waals surface area contributed by atoms with Gasteiger partial charge in [0.05, 0.1) is 12.2 Å². The maximum Gasteiger partial charge on any atom is 0.192 e. The monoisotopic (exact) mass is 404 g/mol. The highest BCUT2D eigenvalue weighted by molar-refractivity contribution is 6.74. The normalized spacial score (nSPS) is 17.3. The fourth-order valence-electron chi connectivity index (χ4n) is 2.49. The van der Waals surface area contributed by atoms with Crippen molar-refractivity contribution in [3.63, 3.8) is 0 Å². The summed E-state index contributed by atoms with van der Waals surface area (Å²) in [6, 6.07) is 0. The van der Waals surface area contributed by atoms with Crippen LogP contribution in [0.4, 0.5) is 0 Å². The van der Waals surface area contributed by atoms with E-state index in [1.165, 1.54) is 0 Å². The van der Waals surface area contributed by atoms with Crippen molar-refractivity contribution >= 4 is 16.6 Å². The van der Waals surface area contributed by atoms with Gasteiger partial charge in [-0.2, -0.15) is 0 Å². The lowest BCUT2D eigenvalue weighted by atomic mass is 9.78. The van der Waals surface area contributed by atoms with E-state index in [1.807, 2.05) is 6.92 Å². The number of aliphatic hydroxyl groups excluding tert-OH is 1. The van der Waals surface area contributed by atoms with E-state index in [1.54, 1.807) is 0 Å². The summed E-state index contributed by atoms with van der Waals surface area (Å²) < 4.78 is 13.2. The van der Waals surface area contributed by atoms with E-state index in [4.69, 9.17) is 8.85 Å². The van der Waals surface area contributed by atoms with E-state index in [0.717, 1.165) is 12.8 Å². The number of hydrogen-bond donors (Lipinski definition) is 1. The Hall–Kier alpha value is 0.314. The van der Waals surface area contributed by atoms with Crippen LogP contribution >= 0.6 is 0 Å². The molecule has 0 radical (unpaired) electrons. The van der Waals surface area contributed by atoms with Crippen LogP contribution in [0.25, 0.3) is 0 Å². The van der Waals surface area contributed by atoms with E-state index in [9.17, 15) is 5.11 Å². The summed E-state index contributed by atoms with van der Waals surface area (Å²) in [5, 5.41) is 11.0. The summed E-state index contributed by atoms with van der Waals surface area (Å²) in [7, 11) is -3.69. The fourth-order valence-corrected chi connectivity index (χ4v) is 5.04. The van der Waals surface area contributed by atoms with Crippen LogP contribution in [0.2, 0.25) is 36.3 Å². The molecule has 158 valence electrons. The molecular weight excluding hydrogens is 356 g/mol. The summed E-state index contributed by atoms with van der Waals surface area (Å²) in [4.78, 5) is 0. The zero-order chi connectivity index (χ0) is 21.2. The average Bonchev–Trinajstić information content (AvgIpc) is 2.42. The van der Waals surface area contributed by atoms with Gasteiger partial charge in [0.15, 0.2) is 16.6 Å². The zero-order valence-corrected chi connectivity index (χ0v) is 22.0. The molecule has 0 rings (SSSR count). The minimum Gasteiger partial charge on any atom is -0.417 e. The van der Waals surface area contributed by atoms with Crippen molar-refractivity contribution in [1.29, 1.82) is 0 Å². The molecule has 2 atom stereocenters. The molecule has 0 aliphatic rings. The van der Waals surface area contributed by atoms with Crippen LogP contribution in [0.1, 0.15) is 75.2 Å². The second-order valence-electron chi connectivity index (χ2n) is 11.5. The Bertz CT molecular complexity index is 432. The van der Waals surface area contributed by atoms with Crippen molar-refractivity contribution in [1.82, 2.24) is 0 Å². The first-order valence-corrected chi connectivity index (χ1v) is 16.1. The molecule has 0 aliphatic heterocycles. The minimum atomic E-state index is -1.92. The maximum atomic E-state index is 10.6. The van der Waals surface area contributed by atoms with Crippen molar-refractivity contribution < 1.29 is 14.0 Å². The summed E-state index contributed by atoms with van der Waals surface area (Å²) in [6.07, 6.45) is 1.21. The molecule has 0 spiro atoms. The quantitative estimate of drug-likeness (QED) is 0.441. The second kappa shape index (κ2) is 8.77. The molecule has 0 fully saturated rings. The van der Waals surface area contributed by atoms with Gasteiger partial charge in [-0.15, -0.1) is 0 Å². The minimum absolute atomic E-state index is 0.00288. The molecule has 3 nitrogen and oxygen atoms in total. The molecule has 0 aromatic heterocycles. The zero-order valence-electron chi connectivity index (χ0n) is 20.0. The SMILES string of the molecule is CC[C@@H](O)C(C)(C)[C@H](CCO[Si](C)(C)C(C)(C)C)O[Si](C)(C)C(C)(C)C. The Kier molecular flexibility index (Phi) is 8.87. The third-order valence-corrected chi connectivity index (χ3v) is 16.0. The van der Waals surface area contributed by atoms with E-state index in [0.29, 0.717) is 6.61 Å². The Labute approximate surface area is 166 Å². The van der Waals surface area contributed by atoms with Crippen molar-refractivity contribution in [3.8, 4) is 0 Å². The number of aliphatic hydroxyl groups is 1. The highest BCUT2D eigenvalue weighted by atomic mass is 28.4. The molecule has 26 heavy (non-hydrogen) atoms. The van der Waals surface area contributed by atoms with E-state index < -0.39 is 16.6 Å². The summed E-state index contributed by atoms with van der Waals surface area (Å²) in [6.45, 7) is 29.8. The molecule has 0 bridgehead atoms. The average molecular weight is 405 g/mol. The largest absolute Gasteiger partial charge is 0.417 e. The van der Waals surface area contributed by atoms with Crippen LogP contribution in [0.3, 0.4) is 0 Å². The van der Waals surface area contributed by atoms with Gasteiger partial charge >= 0.3 is 0 Å². The van der Waals surface area contributed by atoms with Gasteiger partial charge in [0.25, 0.3) is 0 Å². The van der Waals surface area contributed by atoms with Crippen molar-refractivity contribution in [3.05, 3.63) is 0 Å². The lowest BCUT2D eigenvalue weighted by Gasteiger charge is -2.46. The fraction of sp³-hybridized carbons (Fsp3) is 1.00. The molecule has 0 aromatic carbocycles. The molecule has 1 N–H and O–H groups in total. The smallest absolute Gasteiger partial charge is 0.192 e. The summed E-state index contributed by atoms with van der Waals surface area (Å²) in [5.41, 5.74) is -0.291. The Morgan fingerprint density at radius 3 is 1.58 bits per heavy atom. The third kappa shape index (κ3) is 6.73. The first kappa shape index (κ1) is 26.3. The van der Waals surface area contributed by atoms with Crippen molar-refractivity contribution in [2.75, 3.05) is 6.61 Å². The standard InChI is InChI=1S/C21H48O3Si2/c1-14-17(22)21(8,9)18(24-26(12,13)20(5,6)7)15-16-23-25(10,11)19(2,3)4/h17-18,22H,14-16H2,1-13H3/t17-,18+/m1/s1. The number of rotatable bonds is 9. The summed E-state index contributed by atoms with van der Waals surface area (Å²) in [5.74, 6) is 0. The van der Waals surface area contributed by atoms with Crippen LogP contribution in [0.5, 0.6) is 0 Å². The molecule has 0 unspecified atom stereocenters. The van der Waals surface area contributed by atoms with Crippen molar-refractivity contribution in [2.45, 2.75) is 124 Å². The van der Waals surface area contributed by atoms with Gasteiger partial charge in [-0.25, -0.2) is 0 Å².